The number of benzene rings is 2. The first-order chi connectivity index (χ1) is 20.3. The van der Waals surface area contributed by atoms with Gasteiger partial charge < -0.3 is 22.0 Å². The lowest BCUT2D eigenvalue weighted by Gasteiger charge is -2.12. The van der Waals surface area contributed by atoms with E-state index in [1.54, 1.807) is 24.3 Å². The Hall–Kier alpha value is -4.78. The molecule has 224 valence electrons. The Balaban J connectivity index is 0.000000366. The van der Waals surface area contributed by atoms with Crippen molar-refractivity contribution >= 4 is 23.6 Å². The number of hydrogen-bond acceptors (Lipinski definition) is 10. The van der Waals surface area contributed by atoms with E-state index < -0.39 is 17.8 Å². The van der Waals surface area contributed by atoms with Gasteiger partial charge >= 0.3 is 5.97 Å². The number of rotatable bonds is 13. The van der Waals surface area contributed by atoms with Crippen molar-refractivity contribution in [3.05, 3.63) is 91.7 Å². The SMILES string of the molecule is NCCCN.[N-]=[N+]=NCc1ccc(C(=O)CCCCN)cc1.[N-]=[N+]=NCc1ccc(C(=O)ON2C(=O)CCC2=O)cc1. The smallest absolute Gasteiger partial charge is 0.330 e. The number of hydrogen-bond donors (Lipinski definition) is 3. The highest BCUT2D eigenvalue weighted by Crippen LogP contribution is 2.15. The van der Waals surface area contributed by atoms with Crippen LogP contribution in [0.5, 0.6) is 0 Å². The van der Waals surface area contributed by atoms with Gasteiger partial charge in [0.05, 0.1) is 18.7 Å². The Labute approximate surface area is 243 Å². The fourth-order valence-corrected chi connectivity index (χ4v) is 3.25. The molecule has 15 heteroatoms. The van der Waals surface area contributed by atoms with Crippen LogP contribution < -0.4 is 17.2 Å². The molecule has 42 heavy (non-hydrogen) atoms. The molecule has 0 atom stereocenters. The molecule has 0 spiro atoms. The van der Waals surface area contributed by atoms with Crippen LogP contribution in [0, 0.1) is 0 Å². The highest BCUT2D eigenvalue weighted by atomic mass is 16.7. The molecule has 15 nitrogen and oxygen atoms in total. The van der Waals surface area contributed by atoms with E-state index in [0.717, 1.165) is 43.5 Å². The summed E-state index contributed by atoms with van der Waals surface area (Å²) in [6.07, 6.45) is 3.29. The summed E-state index contributed by atoms with van der Waals surface area (Å²) in [7, 11) is 0. The first-order valence-corrected chi connectivity index (χ1v) is 13.2. The van der Waals surface area contributed by atoms with Crippen LogP contribution in [0.3, 0.4) is 0 Å². The molecular formula is C27H36N10O5. The minimum absolute atomic E-state index is 0.0528. The number of nitrogens with zero attached hydrogens (tertiary/aromatic N) is 7. The van der Waals surface area contributed by atoms with Crippen molar-refractivity contribution in [3.63, 3.8) is 0 Å². The second kappa shape index (κ2) is 21.0. The van der Waals surface area contributed by atoms with E-state index in [-0.39, 0.29) is 30.7 Å². The highest BCUT2D eigenvalue weighted by Gasteiger charge is 2.33. The molecule has 6 N–H and O–H groups in total. The fourth-order valence-electron chi connectivity index (χ4n) is 3.25. The third-order valence-electron chi connectivity index (χ3n) is 5.54. The maximum atomic E-state index is 11.8. The number of carbonyl (C=O) groups excluding carboxylic acids is 4. The van der Waals surface area contributed by atoms with E-state index in [4.69, 9.17) is 33.1 Å². The Kier molecular flexibility index (Phi) is 17.6. The van der Waals surface area contributed by atoms with Gasteiger partial charge in [0.25, 0.3) is 11.8 Å². The molecule has 3 rings (SSSR count). The van der Waals surface area contributed by atoms with Gasteiger partial charge in [-0.25, -0.2) is 4.79 Å². The second-order valence-corrected chi connectivity index (χ2v) is 8.73. The van der Waals surface area contributed by atoms with E-state index >= 15 is 0 Å². The molecule has 0 bridgehead atoms. The summed E-state index contributed by atoms with van der Waals surface area (Å²) in [5, 5.41) is 7.34. The van der Waals surface area contributed by atoms with E-state index in [2.05, 4.69) is 20.1 Å². The average Bonchev–Trinajstić information content (AvgIpc) is 3.32. The topological polar surface area (TPSA) is 256 Å². The number of azide groups is 2. The van der Waals surface area contributed by atoms with E-state index in [1.165, 1.54) is 12.1 Å². The molecule has 0 aliphatic carbocycles. The van der Waals surface area contributed by atoms with Gasteiger partial charge in [-0.3, -0.25) is 14.4 Å². The third-order valence-corrected chi connectivity index (χ3v) is 5.54. The number of Topliss-reactive ketones (excluding diaryl/α,β-unsaturated/α-hetero) is 1. The zero-order valence-electron chi connectivity index (χ0n) is 23.3. The lowest BCUT2D eigenvalue weighted by atomic mass is 10.0. The van der Waals surface area contributed by atoms with E-state index in [9.17, 15) is 19.2 Å². The number of imide groups is 1. The summed E-state index contributed by atoms with van der Waals surface area (Å²) in [5.74, 6) is -1.70. The Bertz CT molecular complexity index is 1240. The first-order valence-electron chi connectivity index (χ1n) is 13.2. The quantitative estimate of drug-likeness (QED) is 0.0781. The Morgan fingerprint density at radius 2 is 1.19 bits per heavy atom. The maximum absolute atomic E-state index is 11.8. The number of unbranched alkanes of at least 4 members (excludes halogenated alkanes) is 1. The number of hydroxylamine groups is 2. The van der Waals surface area contributed by atoms with Gasteiger partial charge in [-0.15, -0.1) is 5.06 Å². The van der Waals surface area contributed by atoms with Crippen LogP contribution in [0.25, 0.3) is 20.9 Å². The highest BCUT2D eigenvalue weighted by molar-refractivity contribution is 6.02. The predicted octanol–water partition coefficient (Wildman–Crippen LogP) is 3.82. The van der Waals surface area contributed by atoms with Crippen molar-refractivity contribution < 1.29 is 24.0 Å². The molecule has 1 aliphatic heterocycles. The van der Waals surface area contributed by atoms with Crippen molar-refractivity contribution in [2.24, 2.45) is 27.4 Å². The standard InChI is InChI=1S/C12H10N4O4.C12H16N4O.C3H10N2/c13-15-14-7-8-1-3-9(4-2-8)12(19)20-16-10(17)5-6-11(16)18;13-8-2-1-3-12(17)11-6-4-10(5-7-11)9-15-16-14;4-2-1-3-5/h1-4H,5-7H2;4-7H,1-3,8-9,13H2;1-5H2. The molecule has 0 saturated carbocycles. The minimum atomic E-state index is -0.788. The zero-order valence-corrected chi connectivity index (χ0v) is 23.3. The molecule has 0 aromatic heterocycles. The predicted molar refractivity (Wildman–Crippen MR) is 155 cm³/mol. The van der Waals surface area contributed by atoms with Crippen molar-refractivity contribution in [1.29, 1.82) is 0 Å². The monoisotopic (exact) mass is 580 g/mol. The van der Waals surface area contributed by atoms with Gasteiger partial charge in [0, 0.05) is 34.6 Å². The molecule has 0 radical (unpaired) electrons. The maximum Gasteiger partial charge on any atom is 0.363 e. The normalized spacial score (nSPS) is 11.6. The van der Waals surface area contributed by atoms with Crippen molar-refractivity contribution in [2.45, 2.75) is 51.6 Å². The summed E-state index contributed by atoms with van der Waals surface area (Å²) in [6, 6.07) is 13.3. The number of nitrogens with two attached hydrogens (primary N) is 3. The largest absolute Gasteiger partial charge is 0.363 e. The lowest BCUT2D eigenvalue weighted by molar-refractivity contribution is -0.172. The van der Waals surface area contributed by atoms with E-state index in [1.807, 2.05) is 12.1 Å². The Morgan fingerprint density at radius 1 is 0.738 bits per heavy atom. The van der Waals surface area contributed by atoms with Crippen molar-refractivity contribution in [2.75, 3.05) is 19.6 Å². The van der Waals surface area contributed by atoms with Gasteiger partial charge in [0.15, 0.2) is 5.78 Å². The first kappa shape index (κ1) is 35.2. The van der Waals surface area contributed by atoms with Crippen LogP contribution in [0.15, 0.2) is 58.8 Å². The summed E-state index contributed by atoms with van der Waals surface area (Å²) in [5.41, 5.74) is 34.4. The summed E-state index contributed by atoms with van der Waals surface area (Å²) >= 11 is 0. The summed E-state index contributed by atoms with van der Waals surface area (Å²) in [4.78, 5) is 56.2. The van der Waals surface area contributed by atoms with Gasteiger partial charge in [0.2, 0.25) is 0 Å². The second-order valence-electron chi connectivity index (χ2n) is 8.73. The molecule has 2 aromatic carbocycles. The molecule has 2 amide bonds. The van der Waals surface area contributed by atoms with Crippen LogP contribution in [-0.4, -0.2) is 48.3 Å². The zero-order chi connectivity index (χ0) is 31.2. The summed E-state index contributed by atoms with van der Waals surface area (Å²) < 4.78 is 0. The van der Waals surface area contributed by atoms with Crippen LogP contribution in [0.1, 0.15) is 70.4 Å². The molecule has 1 heterocycles. The van der Waals surface area contributed by atoms with Gasteiger partial charge in [-0.2, -0.15) is 0 Å². The molecule has 0 unspecified atom stereocenters. The number of ketones is 1. The van der Waals surface area contributed by atoms with Crippen LogP contribution in [0.2, 0.25) is 0 Å². The van der Waals surface area contributed by atoms with Crippen LogP contribution in [-0.2, 0) is 27.5 Å². The number of carbonyl (C=O) groups is 4. The van der Waals surface area contributed by atoms with Crippen LogP contribution >= 0.6 is 0 Å². The molecule has 1 fully saturated rings. The number of amides is 2. The van der Waals surface area contributed by atoms with Crippen LogP contribution in [0.4, 0.5) is 0 Å². The minimum Gasteiger partial charge on any atom is -0.330 e. The molecule has 1 saturated heterocycles. The van der Waals surface area contributed by atoms with Gasteiger partial charge in [0.1, 0.15) is 0 Å². The molecular weight excluding hydrogens is 544 g/mol. The van der Waals surface area contributed by atoms with Gasteiger partial charge in [-0.1, -0.05) is 46.6 Å². The van der Waals surface area contributed by atoms with Crippen molar-refractivity contribution in [1.82, 2.24) is 5.06 Å². The Morgan fingerprint density at radius 3 is 1.60 bits per heavy atom. The fraction of sp³-hybridized carbons (Fsp3) is 0.407. The average molecular weight is 581 g/mol. The van der Waals surface area contributed by atoms with E-state index in [0.29, 0.717) is 30.1 Å². The van der Waals surface area contributed by atoms with Crippen molar-refractivity contribution in [3.8, 4) is 0 Å². The summed E-state index contributed by atoms with van der Waals surface area (Å²) in [6.45, 7) is 2.55. The molecule has 2 aromatic rings. The third kappa shape index (κ3) is 13.5. The lowest BCUT2D eigenvalue weighted by Crippen LogP contribution is -2.32. The molecule has 1 aliphatic rings. The van der Waals surface area contributed by atoms with Gasteiger partial charge in [-0.05, 0) is 73.2 Å².